The van der Waals surface area contributed by atoms with Crippen molar-refractivity contribution in [3.05, 3.63) is 96.2 Å². The average Bonchev–Trinajstić information content (AvgIpc) is 3.24. The Labute approximate surface area is 157 Å². The van der Waals surface area contributed by atoms with Crippen LogP contribution < -0.4 is 9.64 Å². The number of hydrogen-bond donors (Lipinski definition) is 0. The van der Waals surface area contributed by atoms with E-state index in [-0.39, 0.29) is 12.1 Å². The molecule has 4 heteroatoms. The molecule has 1 aliphatic heterocycles. The van der Waals surface area contributed by atoms with Gasteiger partial charge < -0.3 is 4.74 Å². The number of methoxy groups -OCH3 is 1. The molecule has 1 amide bonds. The van der Waals surface area contributed by atoms with Gasteiger partial charge in [0.25, 0.3) is 0 Å². The van der Waals surface area contributed by atoms with Crippen LogP contribution in [0, 0.1) is 0 Å². The molecular weight excluding hydrogens is 336 g/mol. The second-order valence-corrected chi connectivity index (χ2v) is 6.63. The lowest BCUT2D eigenvalue weighted by atomic mass is 10.0. The first-order valence-electron chi connectivity index (χ1n) is 8.91. The molecule has 5 rings (SSSR count). The summed E-state index contributed by atoms with van der Waals surface area (Å²) in [6.45, 7) is 0. The number of para-hydroxylation sites is 2. The van der Waals surface area contributed by atoms with Crippen molar-refractivity contribution in [2.45, 2.75) is 6.04 Å². The zero-order valence-corrected chi connectivity index (χ0v) is 14.9. The summed E-state index contributed by atoms with van der Waals surface area (Å²) in [4.78, 5) is 15.3. The molecule has 0 saturated carbocycles. The van der Waals surface area contributed by atoms with Gasteiger partial charge in [-0.2, -0.15) is 0 Å². The van der Waals surface area contributed by atoms with Crippen molar-refractivity contribution < 1.29 is 9.53 Å². The molecule has 4 aromatic rings. The number of carbonyl (C=O) groups excluding carboxylic acids is 1. The van der Waals surface area contributed by atoms with Crippen LogP contribution in [-0.2, 0) is 0 Å². The molecule has 2 heterocycles. The van der Waals surface area contributed by atoms with Gasteiger partial charge in [0.1, 0.15) is 11.8 Å². The van der Waals surface area contributed by atoms with E-state index in [0.717, 1.165) is 33.6 Å². The summed E-state index contributed by atoms with van der Waals surface area (Å²) in [5, 5.41) is 1.08. The number of benzene rings is 3. The first-order chi connectivity index (χ1) is 13.3. The van der Waals surface area contributed by atoms with Gasteiger partial charge in [0.2, 0.25) is 0 Å². The van der Waals surface area contributed by atoms with Gasteiger partial charge in [-0.05, 0) is 42.0 Å². The Morgan fingerprint density at radius 2 is 1.56 bits per heavy atom. The van der Waals surface area contributed by atoms with Crippen LogP contribution in [0.2, 0.25) is 0 Å². The summed E-state index contributed by atoms with van der Waals surface area (Å²) in [6, 6.07) is 27.7. The van der Waals surface area contributed by atoms with Crippen LogP contribution >= 0.6 is 0 Å². The molecule has 0 radical (unpaired) electrons. The van der Waals surface area contributed by atoms with E-state index in [4.69, 9.17) is 4.74 Å². The van der Waals surface area contributed by atoms with Crippen molar-refractivity contribution in [2.24, 2.45) is 0 Å². The number of amides is 1. The van der Waals surface area contributed by atoms with E-state index in [1.54, 1.807) is 7.11 Å². The Morgan fingerprint density at radius 3 is 2.30 bits per heavy atom. The van der Waals surface area contributed by atoms with Gasteiger partial charge in [0.05, 0.1) is 18.3 Å². The summed E-state index contributed by atoms with van der Waals surface area (Å²) in [5.41, 5.74) is 3.86. The average molecular weight is 354 g/mol. The Hall–Kier alpha value is -3.53. The van der Waals surface area contributed by atoms with E-state index in [9.17, 15) is 4.79 Å². The highest BCUT2D eigenvalue weighted by atomic mass is 16.5. The summed E-state index contributed by atoms with van der Waals surface area (Å²) in [7, 11) is 1.66. The number of fused-ring (bicyclic) bond motifs is 3. The zero-order chi connectivity index (χ0) is 18.4. The molecule has 0 N–H and O–H groups in total. The summed E-state index contributed by atoms with van der Waals surface area (Å²) < 4.78 is 7.13. The Balaban J connectivity index is 1.74. The van der Waals surface area contributed by atoms with Crippen LogP contribution in [0.1, 0.15) is 17.3 Å². The second-order valence-electron chi connectivity index (χ2n) is 6.63. The molecule has 0 saturated heterocycles. The van der Waals surface area contributed by atoms with E-state index in [1.807, 2.05) is 88.3 Å². The maximum atomic E-state index is 13.4. The molecule has 0 bridgehead atoms. The molecule has 27 heavy (non-hydrogen) atoms. The van der Waals surface area contributed by atoms with Crippen LogP contribution in [0.4, 0.5) is 10.5 Å². The standard InChI is InChI=1S/C23H18N2O2/c1-27-19-13-11-16(12-14-19)22-21-15-17-7-5-6-10-20(17)25(21)23(26)24(22)18-8-3-2-4-9-18/h2-15,22H,1H3. The van der Waals surface area contributed by atoms with E-state index in [0.29, 0.717) is 0 Å². The molecule has 0 spiro atoms. The van der Waals surface area contributed by atoms with E-state index >= 15 is 0 Å². The highest BCUT2D eigenvalue weighted by Crippen LogP contribution is 2.42. The molecule has 1 aliphatic rings. The lowest BCUT2D eigenvalue weighted by Gasteiger charge is -2.24. The van der Waals surface area contributed by atoms with Crippen molar-refractivity contribution >= 4 is 22.6 Å². The molecule has 1 unspecified atom stereocenters. The van der Waals surface area contributed by atoms with Crippen LogP contribution in [0.25, 0.3) is 10.9 Å². The lowest BCUT2D eigenvalue weighted by molar-refractivity contribution is 0.251. The van der Waals surface area contributed by atoms with Crippen LogP contribution in [0.5, 0.6) is 5.75 Å². The number of nitrogens with zero attached hydrogens (tertiary/aromatic N) is 2. The minimum atomic E-state index is -0.182. The minimum Gasteiger partial charge on any atom is -0.497 e. The van der Waals surface area contributed by atoms with Crippen molar-refractivity contribution in [1.29, 1.82) is 0 Å². The number of anilines is 1. The number of aromatic nitrogens is 1. The van der Waals surface area contributed by atoms with Gasteiger partial charge in [0, 0.05) is 11.1 Å². The van der Waals surface area contributed by atoms with Gasteiger partial charge in [-0.25, -0.2) is 4.79 Å². The highest BCUT2D eigenvalue weighted by molar-refractivity contribution is 6.05. The zero-order valence-electron chi connectivity index (χ0n) is 14.9. The van der Waals surface area contributed by atoms with Crippen LogP contribution in [-0.4, -0.2) is 17.7 Å². The second kappa shape index (κ2) is 6.02. The monoisotopic (exact) mass is 354 g/mol. The fourth-order valence-electron chi connectivity index (χ4n) is 3.90. The van der Waals surface area contributed by atoms with Crippen molar-refractivity contribution in [1.82, 2.24) is 4.57 Å². The highest BCUT2D eigenvalue weighted by Gasteiger charge is 2.40. The molecule has 1 aromatic heterocycles. The third kappa shape index (κ3) is 2.34. The quantitative estimate of drug-likeness (QED) is 0.505. The molecule has 0 aliphatic carbocycles. The van der Waals surface area contributed by atoms with Crippen molar-refractivity contribution in [3.63, 3.8) is 0 Å². The third-order valence-electron chi connectivity index (χ3n) is 5.14. The van der Waals surface area contributed by atoms with Crippen LogP contribution in [0.15, 0.2) is 84.9 Å². The number of ether oxygens (including phenoxy) is 1. The maximum Gasteiger partial charge on any atom is 0.334 e. The van der Waals surface area contributed by atoms with E-state index in [2.05, 4.69) is 6.07 Å². The molecule has 3 aromatic carbocycles. The molecule has 132 valence electrons. The minimum absolute atomic E-state index is 0.0294. The third-order valence-corrected chi connectivity index (χ3v) is 5.14. The molecular formula is C23H18N2O2. The van der Waals surface area contributed by atoms with Gasteiger partial charge in [-0.3, -0.25) is 9.47 Å². The number of hydrogen-bond acceptors (Lipinski definition) is 2. The fourth-order valence-corrected chi connectivity index (χ4v) is 3.90. The predicted octanol–water partition coefficient (Wildman–Crippen LogP) is 5.23. The van der Waals surface area contributed by atoms with Crippen molar-refractivity contribution in [2.75, 3.05) is 12.0 Å². The SMILES string of the molecule is COc1ccc(C2c3cc4ccccc4n3C(=O)N2c2ccccc2)cc1. The topological polar surface area (TPSA) is 34.5 Å². The first-order valence-corrected chi connectivity index (χ1v) is 8.91. The maximum absolute atomic E-state index is 13.4. The Bertz CT molecular complexity index is 1130. The molecule has 4 nitrogen and oxygen atoms in total. The van der Waals surface area contributed by atoms with Gasteiger partial charge >= 0.3 is 6.03 Å². The smallest absolute Gasteiger partial charge is 0.334 e. The number of carbonyl (C=O) groups is 1. The van der Waals surface area contributed by atoms with Gasteiger partial charge in [-0.15, -0.1) is 0 Å². The Morgan fingerprint density at radius 1 is 0.852 bits per heavy atom. The normalized spacial score (nSPS) is 16.0. The van der Waals surface area contributed by atoms with E-state index in [1.165, 1.54) is 0 Å². The van der Waals surface area contributed by atoms with E-state index < -0.39 is 0 Å². The van der Waals surface area contributed by atoms with Gasteiger partial charge in [0.15, 0.2) is 0 Å². The van der Waals surface area contributed by atoms with Gasteiger partial charge in [-0.1, -0.05) is 48.5 Å². The summed E-state index contributed by atoms with van der Waals surface area (Å²) in [5.74, 6) is 0.801. The summed E-state index contributed by atoms with van der Waals surface area (Å²) >= 11 is 0. The summed E-state index contributed by atoms with van der Waals surface area (Å²) in [6.07, 6.45) is 0. The predicted molar refractivity (Wildman–Crippen MR) is 106 cm³/mol. The number of rotatable bonds is 3. The van der Waals surface area contributed by atoms with Crippen LogP contribution in [0.3, 0.4) is 0 Å². The first kappa shape index (κ1) is 15.7. The fraction of sp³-hybridized carbons (Fsp3) is 0.0870. The van der Waals surface area contributed by atoms with Crippen molar-refractivity contribution in [3.8, 4) is 5.75 Å². The molecule has 0 fully saturated rings. The Kier molecular flexibility index (Phi) is 3.50. The molecule has 1 atom stereocenters. The largest absolute Gasteiger partial charge is 0.497 e. The lowest BCUT2D eigenvalue weighted by Crippen LogP contribution is -2.29.